The van der Waals surface area contributed by atoms with E-state index in [9.17, 15) is 0 Å². The van der Waals surface area contributed by atoms with Crippen molar-refractivity contribution in [3.8, 4) is 11.3 Å². The minimum absolute atomic E-state index is 0.178. The number of nitrogen functional groups attached to an aromatic ring is 1. The van der Waals surface area contributed by atoms with Crippen LogP contribution in [-0.2, 0) is 0 Å². The van der Waals surface area contributed by atoms with Crippen LogP contribution in [0.25, 0.3) is 33.4 Å². The summed E-state index contributed by atoms with van der Waals surface area (Å²) in [6.07, 6.45) is 1.97. The second-order valence-corrected chi connectivity index (χ2v) is 9.39. The highest BCUT2D eigenvalue weighted by atomic mass is 16.4. The van der Waals surface area contributed by atoms with Gasteiger partial charge in [-0.2, -0.15) is 4.98 Å². The van der Waals surface area contributed by atoms with Crippen molar-refractivity contribution in [2.24, 2.45) is 0 Å². The van der Waals surface area contributed by atoms with Crippen molar-refractivity contribution in [1.29, 1.82) is 0 Å². The summed E-state index contributed by atoms with van der Waals surface area (Å²) < 4.78 is 5.38. The average Bonchev–Trinajstić information content (AvgIpc) is 3.17. The van der Waals surface area contributed by atoms with E-state index < -0.39 is 0 Å². The first-order valence-electron chi connectivity index (χ1n) is 11.7. The predicted molar refractivity (Wildman–Crippen MR) is 131 cm³/mol. The van der Waals surface area contributed by atoms with E-state index >= 15 is 0 Å². The maximum atomic E-state index is 5.68. The van der Waals surface area contributed by atoms with Crippen LogP contribution < -0.4 is 10.6 Å². The Labute approximate surface area is 193 Å². The highest BCUT2D eigenvalue weighted by Gasteiger charge is 2.34. The molecule has 170 valence electrons. The van der Waals surface area contributed by atoms with Gasteiger partial charge >= 0.3 is 0 Å². The molecule has 33 heavy (non-hydrogen) atoms. The second kappa shape index (κ2) is 7.97. The highest BCUT2D eigenvalue weighted by molar-refractivity contribution is 5.84. The molecule has 0 radical (unpaired) electrons. The van der Waals surface area contributed by atoms with E-state index in [1.54, 1.807) is 0 Å². The number of piperazine rings is 1. The lowest BCUT2D eigenvalue weighted by molar-refractivity contribution is 0.0678. The standard InChI is InChI=1S/C25H29N7O/c1-16(2)30-7-9-31(10-8-30)19-14-32(15-19)18-12-22-21(27-13-18)5-4-20(28-22)17-3-6-24-23(11-17)29-25(26)33-24/h3-6,11-13,16,19H,7-10,14-15H2,1-2H3,(H2,26,29). The highest BCUT2D eigenvalue weighted by Crippen LogP contribution is 2.29. The number of hydrogen-bond donors (Lipinski definition) is 1. The molecule has 0 atom stereocenters. The molecule has 0 unspecified atom stereocenters. The number of nitrogens with zero attached hydrogens (tertiary/aromatic N) is 6. The van der Waals surface area contributed by atoms with Gasteiger partial charge in [0.15, 0.2) is 5.58 Å². The zero-order chi connectivity index (χ0) is 22.5. The first kappa shape index (κ1) is 20.4. The molecule has 8 nitrogen and oxygen atoms in total. The number of oxazole rings is 1. The molecule has 0 spiro atoms. The van der Waals surface area contributed by atoms with E-state index in [2.05, 4.69) is 44.6 Å². The fraction of sp³-hybridized carbons (Fsp3) is 0.400. The van der Waals surface area contributed by atoms with Gasteiger partial charge in [0, 0.05) is 56.9 Å². The van der Waals surface area contributed by atoms with Crippen LogP contribution in [-0.4, -0.2) is 76.1 Å². The molecule has 0 saturated carbocycles. The Balaban J connectivity index is 1.18. The van der Waals surface area contributed by atoms with Gasteiger partial charge in [0.05, 0.1) is 28.6 Å². The van der Waals surface area contributed by atoms with Crippen molar-refractivity contribution in [2.45, 2.75) is 25.9 Å². The first-order chi connectivity index (χ1) is 16.0. The van der Waals surface area contributed by atoms with E-state index in [-0.39, 0.29) is 6.01 Å². The molecule has 6 rings (SSSR count). The van der Waals surface area contributed by atoms with Crippen molar-refractivity contribution in [2.75, 3.05) is 49.9 Å². The number of fused-ring (bicyclic) bond motifs is 2. The fourth-order valence-corrected chi connectivity index (χ4v) is 4.95. The largest absolute Gasteiger partial charge is 0.424 e. The number of nitrogens with two attached hydrogens (primary N) is 1. The molecule has 0 amide bonds. The van der Waals surface area contributed by atoms with Crippen LogP contribution in [0.15, 0.2) is 47.0 Å². The molecule has 3 aromatic heterocycles. The van der Waals surface area contributed by atoms with Gasteiger partial charge in [-0.05, 0) is 50.2 Å². The Morgan fingerprint density at radius 1 is 0.939 bits per heavy atom. The minimum atomic E-state index is 0.178. The lowest BCUT2D eigenvalue weighted by atomic mass is 10.0. The van der Waals surface area contributed by atoms with Gasteiger partial charge in [0.1, 0.15) is 5.52 Å². The fourth-order valence-electron chi connectivity index (χ4n) is 4.95. The van der Waals surface area contributed by atoms with Crippen LogP contribution in [0.4, 0.5) is 11.7 Å². The summed E-state index contributed by atoms with van der Waals surface area (Å²) >= 11 is 0. The third kappa shape index (κ3) is 3.79. The van der Waals surface area contributed by atoms with Crippen LogP contribution in [0.5, 0.6) is 0 Å². The Morgan fingerprint density at radius 2 is 1.76 bits per heavy atom. The minimum Gasteiger partial charge on any atom is -0.424 e. The summed E-state index contributed by atoms with van der Waals surface area (Å²) in [5.74, 6) is 0. The smallest absolute Gasteiger partial charge is 0.292 e. The van der Waals surface area contributed by atoms with E-state index in [1.165, 1.54) is 26.2 Å². The molecule has 5 heterocycles. The molecule has 2 N–H and O–H groups in total. The predicted octanol–water partition coefficient (Wildman–Crippen LogP) is 3.23. The summed E-state index contributed by atoms with van der Waals surface area (Å²) in [5, 5.41) is 0. The quantitative estimate of drug-likeness (QED) is 0.514. The zero-order valence-corrected chi connectivity index (χ0v) is 19.1. The summed E-state index contributed by atoms with van der Waals surface area (Å²) in [5.41, 5.74) is 11.9. The molecule has 8 heteroatoms. The van der Waals surface area contributed by atoms with Gasteiger partial charge < -0.3 is 15.1 Å². The van der Waals surface area contributed by atoms with Gasteiger partial charge in [-0.25, -0.2) is 4.98 Å². The lowest BCUT2D eigenvalue weighted by Crippen LogP contribution is -2.63. The van der Waals surface area contributed by atoms with Crippen LogP contribution >= 0.6 is 0 Å². The van der Waals surface area contributed by atoms with E-state index in [0.717, 1.165) is 46.6 Å². The van der Waals surface area contributed by atoms with Gasteiger partial charge in [0.25, 0.3) is 6.01 Å². The Bertz CT molecular complexity index is 1300. The third-order valence-corrected chi connectivity index (χ3v) is 7.05. The molecule has 2 fully saturated rings. The van der Waals surface area contributed by atoms with E-state index in [4.69, 9.17) is 15.1 Å². The zero-order valence-electron chi connectivity index (χ0n) is 19.1. The topological polar surface area (TPSA) is 87.5 Å². The SMILES string of the molecule is CC(C)N1CCN(C2CN(c3cnc4ccc(-c5ccc6oc(N)nc6c5)nc4c3)C2)CC1. The van der Waals surface area contributed by atoms with Crippen LogP contribution in [0.3, 0.4) is 0 Å². The molecule has 1 aromatic carbocycles. The normalized spacial score (nSPS) is 18.5. The molecule has 0 bridgehead atoms. The van der Waals surface area contributed by atoms with Gasteiger partial charge in [-0.15, -0.1) is 0 Å². The lowest BCUT2D eigenvalue weighted by Gasteiger charge is -2.49. The molecular weight excluding hydrogens is 414 g/mol. The average molecular weight is 444 g/mol. The number of aromatic nitrogens is 3. The van der Waals surface area contributed by atoms with E-state index in [0.29, 0.717) is 17.7 Å². The first-order valence-corrected chi connectivity index (χ1v) is 11.7. The van der Waals surface area contributed by atoms with Gasteiger partial charge in [-0.1, -0.05) is 0 Å². The summed E-state index contributed by atoms with van der Waals surface area (Å²) in [4.78, 5) is 21.4. The molecule has 0 aliphatic carbocycles. The molecule has 4 aromatic rings. The van der Waals surface area contributed by atoms with Crippen LogP contribution in [0.2, 0.25) is 0 Å². The van der Waals surface area contributed by atoms with Gasteiger partial charge in [0.2, 0.25) is 0 Å². The van der Waals surface area contributed by atoms with Crippen molar-refractivity contribution in [1.82, 2.24) is 24.8 Å². The summed E-state index contributed by atoms with van der Waals surface area (Å²) in [6, 6.07) is 13.5. The van der Waals surface area contributed by atoms with Crippen molar-refractivity contribution in [3.63, 3.8) is 0 Å². The van der Waals surface area contributed by atoms with Crippen LogP contribution in [0.1, 0.15) is 13.8 Å². The Hall–Kier alpha value is -3.23. The molecule has 2 saturated heterocycles. The van der Waals surface area contributed by atoms with E-state index in [1.807, 2.05) is 36.5 Å². The van der Waals surface area contributed by atoms with Crippen molar-refractivity contribution >= 4 is 33.8 Å². The number of pyridine rings is 2. The maximum absolute atomic E-state index is 5.68. The maximum Gasteiger partial charge on any atom is 0.292 e. The second-order valence-electron chi connectivity index (χ2n) is 9.39. The Kier molecular flexibility index (Phi) is 4.92. The third-order valence-electron chi connectivity index (χ3n) is 7.05. The molecule has 2 aliphatic rings. The number of anilines is 2. The van der Waals surface area contributed by atoms with Gasteiger partial charge in [-0.3, -0.25) is 14.8 Å². The molecular formula is C25H29N7O. The number of hydrogen-bond acceptors (Lipinski definition) is 8. The summed E-state index contributed by atoms with van der Waals surface area (Å²) in [6.45, 7) is 11.4. The Morgan fingerprint density at radius 3 is 2.55 bits per heavy atom. The molecule has 2 aliphatic heterocycles. The monoisotopic (exact) mass is 443 g/mol. The number of rotatable bonds is 4. The van der Waals surface area contributed by atoms with Crippen molar-refractivity contribution < 1.29 is 4.42 Å². The van der Waals surface area contributed by atoms with Crippen molar-refractivity contribution in [3.05, 3.63) is 42.6 Å². The van der Waals surface area contributed by atoms with Crippen LogP contribution in [0, 0.1) is 0 Å². The summed E-state index contributed by atoms with van der Waals surface area (Å²) in [7, 11) is 0. The number of benzene rings is 1.